The molecule has 2 rings (SSSR count). The van der Waals surface area contributed by atoms with Crippen LogP contribution < -0.4 is 5.32 Å². The third-order valence-corrected chi connectivity index (χ3v) is 4.55. The number of rotatable bonds is 4. The summed E-state index contributed by atoms with van der Waals surface area (Å²) in [6.07, 6.45) is 2.82. The second-order valence-corrected chi connectivity index (χ2v) is 6.51. The maximum Gasteiger partial charge on any atom is 0.253 e. The van der Waals surface area contributed by atoms with Gasteiger partial charge in [0.15, 0.2) is 0 Å². The van der Waals surface area contributed by atoms with Crippen molar-refractivity contribution in [2.75, 3.05) is 20.7 Å². The van der Waals surface area contributed by atoms with Crippen LogP contribution in [0.1, 0.15) is 46.9 Å². The van der Waals surface area contributed by atoms with Crippen LogP contribution in [-0.2, 0) is 0 Å². The first-order chi connectivity index (χ1) is 10.4. The molecule has 1 aromatic carbocycles. The molecule has 2 unspecified atom stereocenters. The third-order valence-electron chi connectivity index (χ3n) is 4.55. The molecule has 0 heterocycles. The maximum absolute atomic E-state index is 12.3. The summed E-state index contributed by atoms with van der Waals surface area (Å²) in [5, 5.41) is 12.5. The van der Waals surface area contributed by atoms with Gasteiger partial charge >= 0.3 is 0 Å². The lowest BCUT2D eigenvalue weighted by Crippen LogP contribution is -2.44. The molecule has 1 aliphatic rings. The standard InChI is InChI=1S/C17H24N2O3/c1-17(11-20)10-4-5-14(17)18-15(21)12-6-8-13(9-7-12)16(22)19(2)3/h6-9,14,20H,4-5,10-11H2,1-3H3,(H,18,21). The fraction of sp³-hybridized carbons (Fsp3) is 0.529. The minimum Gasteiger partial charge on any atom is -0.396 e. The van der Waals surface area contributed by atoms with Gasteiger partial charge in [-0.25, -0.2) is 0 Å². The topological polar surface area (TPSA) is 69.6 Å². The van der Waals surface area contributed by atoms with E-state index in [1.54, 1.807) is 38.4 Å². The Kier molecular flexibility index (Phi) is 4.86. The molecule has 120 valence electrons. The van der Waals surface area contributed by atoms with E-state index in [2.05, 4.69) is 5.32 Å². The molecule has 0 bridgehead atoms. The van der Waals surface area contributed by atoms with Crippen molar-refractivity contribution in [3.8, 4) is 0 Å². The summed E-state index contributed by atoms with van der Waals surface area (Å²) >= 11 is 0. The van der Waals surface area contributed by atoms with Gasteiger partial charge < -0.3 is 15.3 Å². The molecule has 1 aliphatic carbocycles. The number of carbonyl (C=O) groups is 2. The minimum atomic E-state index is -0.240. The smallest absolute Gasteiger partial charge is 0.253 e. The van der Waals surface area contributed by atoms with E-state index in [0.717, 1.165) is 19.3 Å². The second kappa shape index (κ2) is 6.48. The lowest BCUT2D eigenvalue weighted by Gasteiger charge is -2.30. The Morgan fingerprint density at radius 2 is 1.86 bits per heavy atom. The number of carbonyl (C=O) groups excluding carboxylic acids is 2. The van der Waals surface area contributed by atoms with E-state index in [4.69, 9.17) is 0 Å². The van der Waals surface area contributed by atoms with Crippen molar-refractivity contribution in [2.24, 2.45) is 5.41 Å². The number of amides is 2. The summed E-state index contributed by atoms with van der Waals surface area (Å²) in [4.78, 5) is 25.7. The average Bonchev–Trinajstić information content (AvgIpc) is 2.88. The van der Waals surface area contributed by atoms with Gasteiger partial charge in [0.25, 0.3) is 11.8 Å². The number of aliphatic hydroxyl groups excluding tert-OH is 1. The number of hydrogen-bond acceptors (Lipinski definition) is 3. The highest BCUT2D eigenvalue weighted by Gasteiger charge is 2.39. The SMILES string of the molecule is CN(C)C(=O)c1ccc(C(=O)NC2CCCC2(C)CO)cc1. The molecule has 1 fully saturated rings. The minimum absolute atomic E-state index is 0.00640. The Morgan fingerprint density at radius 3 is 2.41 bits per heavy atom. The fourth-order valence-electron chi connectivity index (χ4n) is 2.93. The molecular formula is C17H24N2O3. The molecule has 2 N–H and O–H groups in total. The van der Waals surface area contributed by atoms with Crippen molar-refractivity contribution >= 4 is 11.8 Å². The van der Waals surface area contributed by atoms with Crippen LogP contribution >= 0.6 is 0 Å². The lowest BCUT2D eigenvalue weighted by molar-refractivity contribution is 0.0817. The number of benzene rings is 1. The molecule has 0 radical (unpaired) electrons. The summed E-state index contributed by atoms with van der Waals surface area (Å²) in [7, 11) is 3.39. The maximum atomic E-state index is 12.3. The molecule has 2 atom stereocenters. The van der Waals surface area contributed by atoms with E-state index in [1.807, 2.05) is 6.92 Å². The van der Waals surface area contributed by atoms with E-state index in [0.29, 0.717) is 11.1 Å². The van der Waals surface area contributed by atoms with Crippen LogP contribution in [0.3, 0.4) is 0 Å². The van der Waals surface area contributed by atoms with Crippen LogP contribution in [0.4, 0.5) is 0 Å². The van der Waals surface area contributed by atoms with Gasteiger partial charge in [0.05, 0.1) is 6.61 Å². The van der Waals surface area contributed by atoms with Gasteiger partial charge in [-0.05, 0) is 37.1 Å². The van der Waals surface area contributed by atoms with E-state index < -0.39 is 0 Å². The van der Waals surface area contributed by atoms with Crippen LogP contribution in [-0.4, -0.2) is 48.6 Å². The molecule has 0 aliphatic heterocycles. The van der Waals surface area contributed by atoms with Crippen molar-refractivity contribution in [3.05, 3.63) is 35.4 Å². The molecule has 5 nitrogen and oxygen atoms in total. The molecule has 2 amide bonds. The van der Waals surface area contributed by atoms with Crippen molar-refractivity contribution in [1.29, 1.82) is 0 Å². The Balaban J connectivity index is 2.06. The van der Waals surface area contributed by atoms with Crippen LogP contribution in [0, 0.1) is 5.41 Å². The van der Waals surface area contributed by atoms with Crippen molar-refractivity contribution < 1.29 is 14.7 Å². The zero-order chi connectivity index (χ0) is 16.3. The van der Waals surface area contributed by atoms with Crippen LogP contribution in [0.25, 0.3) is 0 Å². The van der Waals surface area contributed by atoms with Crippen LogP contribution in [0.2, 0.25) is 0 Å². The predicted molar refractivity (Wildman–Crippen MR) is 84.8 cm³/mol. The summed E-state index contributed by atoms with van der Waals surface area (Å²) in [6, 6.07) is 6.65. The van der Waals surface area contributed by atoms with Crippen molar-refractivity contribution in [1.82, 2.24) is 10.2 Å². The predicted octanol–water partition coefficient (Wildman–Crippen LogP) is 1.67. The molecule has 1 saturated carbocycles. The van der Waals surface area contributed by atoms with E-state index in [1.165, 1.54) is 4.90 Å². The van der Waals surface area contributed by atoms with Gasteiger partial charge in [0.2, 0.25) is 0 Å². The van der Waals surface area contributed by atoms with Gasteiger partial charge in [-0.3, -0.25) is 9.59 Å². The molecular weight excluding hydrogens is 280 g/mol. The third kappa shape index (κ3) is 3.30. The number of nitrogens with zero attached hydrogens (tertiary/aromatic N) is 1. The number of hydrogen-bond donors (Lipinski definition) is 2. The summed E-state index contributed by atoms with van der Waals surface area (Å²) in [6.45, 7) is 2.08. The number of aliphatic hydroxyl groups is 1. The zero-order valence-corrected chi connectivity index (χ0v) is 13.4. The van der Waals surface area contributed by atoms with Crippen LogP contribution in [0.15, 0.2) is 24.3 Å². The molecule has 5 heteroatoms. The number of nitrogens with one attached hydrogen (secondary N) is 1. The van der Waals surface area contributed by atoms with Crippen LogP contribution in [0.5, 0.6) is 0 Å². The summed E-state index contributed by atoms with van der Waals surface area (Å²) in [5.41, 5.74) is 0.848. The Bertz CT molecular complexity index is 554. The fourth-order valence-corrected chi connectivity index (χ4v) is 2.93. The van der Waals surface area contributed by atoms with E-state index in [-0.39, 0.29) is 29.9 Å². The quantitative estimate of drug-likeness (QED) is 0.889. The van der Waals surface area contributed by atoms with Gasteiger partial charge in [-0.15, -0.1) is 0 Å². The molecule has 1 aromatic rings. The molecule has 0 aromatic heterocycles. The highest BCUT2D eigenvalue weighted by Crippen LogP contribution is 2.37. The van der Waals surface area contributed by atoms with Gasteiger partial charge in [-0.1, -0.05) is 13.3 Å². The largest absolute Gasteiger partial charge is 0.396 e. The van der Waals surface area contributed by atoms with Gasteiger partial charge in [0, 0.05) is 36.7 Å². The highest BCUT2D eigenvalue weighted by atomic mass is 16.3. The zero-order valence-electron chi connectivity index (χ0n) is 13.4. The van der Waals surface area contributed by atoms with Crippen molar-refractivity contribution in [2.45, 2.75) is 32.2 Å². The summed E-state index contributed by atoms with van der Waals surface area (Å²) < 4.78 is 0. The first kappa shape index (κ1) is 16.5. The lowest BCUT2D eigenvalue weighted by atomic mass is 9.85. The summed E-state index contributed by atoms with van der Waals surface area (Å²) in [5.74, 6) is -0.244. The Morgan fingerprint density at radius 1 is 1.27 bits per heavy atom. The van der Waals surface area contributed by atoms with Crippen molar-refractivity contribution in [3.63, 3.8) is 0 Å². The first-order valence-corrected chi connectivity index (χ1v) is 7.61. The second-order valence-electron chi connectivity index (χ2n) is 6.51. The molecule has 0 spiro atoms. The Labute approximate surface area is 131 Å². The molecule has 0 saturated heterocycles. The monoisotopic (exact) mass is 304 g/mol. The molecule has 22 heavy (non-hydrogen) atoms. The van der Waals surface area contributed by atoms with E-state index >= 15 is 0 Å². The average molecular weight is 304 g/mol. The Hall–Kier alpha value is -1.88. The first-order valence-electron chi connectivity index (χ1n) is 7.61. The normalized spacial score (nSPS) is 24.1. The van der Waals surface area contributed by atoms with Gasteiger partial charge in [0.1, 0.15) is 0 Å². The van der Waals surface area contributed by atoms with Gasteiger partial charge in [-0.2, -0.15) is 0 Å². The highest BCUT2D eigenvalue weighted by molar-refractivity contribution is 5.97. The van der Waals surface area contributed by atoms with E-state index in [9.17, 15) is 14.7 Å².